The van der Waals surface area contributed by atoms with Crippen LogP contribution in [0.3, 0.4) is 0 Å². The zero-order valence-corrected chi connectivity index (χ0v) is 41.0. The number of para-hydroxylation sites is 2. The fourth-order valence-corrected chi connectivity index (χ4v) is 13.9. The first-order valence-corrected chi connectivity index (χ1v) is 25.8. The Morgan fingerprint density at radius 2 is 0.808 bits per heavy atom. The van der Waals surface area contributed by atoms with Crippen molar-refractivity contribution in [1.82, 2.24) is 0 Å². The molecular formula is C70H48N2S. The van der Waals surface area contributed by atoms with Crippen molar-refractivity contribution in [3.8, 4) is 44.5 Å². The highest BCUT2D eigenvalue weighted by molar-refractivity contribution is 7.25. The molecule has 1 unspecified atom stereocenters. The lowest BCUT2D eigenvalue weighted by Crippen LogP contribution is -2.26. The van der Waals surface area contributed by atoms with Crippen LogP contribution >= 0.6 is 11.3 Å². The predicted molar refractivity (Wildman–Crippen MR) is 308 cm³/mol. The molecular weight excluding hydrogens is 901 g/mol. The lowest BCUT2D eigenvalue weighted by Gasteiger charge is -2.34. The molecule has 1 atom stereocenters. The first-order chi connectivity index (χ1) is 38.0. The van der Waals surface area contributed by atoms with Crippen LogP contribution in [-0.4, -0.2) is 0 Å². The first kappa shape index (κ1) is 37.1. The van der Waals surface area contributed by atoms with Gasteiger partial charge in [0.1, 0.15) is 0 Å². The van der Waals surface area contributed by atoms with Gasteiger partial charge in [-0.15, -0.1) is 11.3 Å². The third kappa shape index (κ3) is 6.04. The summed E-state index contributed by atoms with van der Waals surface area (Å²) in [6.45, 7) is 4.57. The molecule has 0 bridgehead atoms. The highest BCUT2D eigenvalue weighted by Gasteiger charge is 2.52. The molecule has 0 radical (unpaired) electrons. The van der Waals surface area contributed by atoms with Crippen LogP contribution in [0.2, 0.25) is 0 Å². The van der Waals surface area contributed by atoms with Gasteiger partial charge < -0.3 is 9.80 Å². The van der Waals surface area contributed by atoms with Gasteiger partial charge >= 0.3 is 0 Å². The Morgan fingerprint density at radius 3 is 1.48 bits per heavy atom. The van der Waals surface area contributed by atoms with Crippen molar-refractivity contribution < 1.29 is 6.85 Å². The van der Waals surface area contributed by atoms with Crippen LogP contribution in [0.15, 0.2) is 255 Å². The second kappa shape index (κ2) is 15.9. The number of anilines is 6. The molecule has 2 nitrogen and oxygen atoms in total. The van der Waals surface area contributed by atoms with Crippen molar-refractivity contribution in [1.29, 1.82) is 0 Å². The molecule has 0 fully saturated rings. The maximum Gasteiger partial charge on any atom is 0.0727 e. The molecule has 73 heavy (non-hydrogen) atoms. The number of hydrogen-bond acceptors (Lipinski definition) is 3. The van der Waals surface area contributed by atoms with Crippen molar-refractivity contribution in [2.45, 2.75) is 24.7 Å². The third-order valence-corrected chi connectivity index (χ3v) is 17.1. The SMILES string of the molecule is [2H]c1c([2H])c([2H])c(-c2ccccc2N(c2ccc3c(c2)C(C)(C)c2ccccc2-3)c2ccc3c(c2)C2(c4ccccc4-c4ccc(N(c5ccccc5)c5ccc6c(c5)sc5ccccc56)cc42)c2ccccc2-3)c([2H])c1[2H]. The predicted octanol–water partition coefficient (Wildman–Crippen LogP) is 19.3. The molecule has 0 amide bonds. The Hall–Kier alpha value is -8.76. The fourth-order valence-electron chi connectivity index (χ4n) is 12.8. The van der Waals surface area contributed by atoms with Gasteiger partial charge in [0.15, 0.2) is 0 Å². The number of benzene rings is 11. The lowest BCUT2D eigenvalue weighted by molar-refractivity contribution is 0.660. The van der Waals surface area contributed by atoms with E-state index in [0.29, 0.717) is 11.3 Å². The fraction of sp³-hybridized carbons (Fsp3) is 0.0571. The van der Waals surface area contributed by atoms with E-state index in [2.05, 4.69) is 224 Å². The molecule has 0 aliphatic heterocycles. The lowest BCUT2D eigenvalue weighted by atomic mass is 9.70. The van der Waals surface area contributed by atoms with Gasteiger partial charge in [-0.1, -0.05) is 196 Å². The summed E-state index contributed by atoms with van der Waals surface area (Å²) in [4.78, 5) is 4.63. The van der Waals surface area contributed by atoms with Crippen molar-refractivity contribution in [2.24, 2.45) is 0 Å². The standard InChI is InChI=1S/C70H48N2S/c1-69(2)60-28-14-9-24-52(60)55-37-34-48(41-63(55)69)72(66-31-17-12-23-51(66)45-19-5-3-6-20-45)49-35-39-57-54-26-11-16-30-62(54)70(65(57)43-49)61-29-15-10-25-53(61)56-38-33-47(42-64(56)70)71(46-21-7-4-8-22-46)50-36-40-59-58-27-13-18-32-67(58)73-68(59)44-50/h3-44H,1-2H3/i3D,5D,6D,19D,20D. The molecule has 3 aliphatic rings. The van der Waals surface area contributed by atoms with Gasteiger partial charge in [0.25, 0.3) is 0 Å². The van der Waals surface area contributed by atoms with Gasteiger partial charge in [0, 0.05) is 59.6 Å². The third-order valence-electron chi connectivity index (χ3n) is 15.9. The van der Waals surface area contributed by atoms with Gasteiger partial charge in [-0.25, -0.2) is 0 Å². The van der Waals surface area contributed by atoms with Crippen LogP contribution in [-0.2, 0) is 10.8 Å². The van der Waals surface area contributed by atoms with Crippen LogP contribution in [0.4, 0.5) is 34.1 Å². The number of nitrogens with zero attached hydrogens (tertiary/aromatic N) is 2. The summed E-state index contributed by atoms with van der Waals surface area (Å²) in [6, 6.07) is 79.3. The molecule has 11 aromatic carbocycles. The summed E-state index contributed by atoms with van der Waals surface area (Å²) >= 11 is 1.83. The summed E-state index contributed by atoms with van der Waals surface area (Å²) in [7, 11) is 0. The molecule has 0 N–H and O–H groups in total. The maximum absolute atomic E-state index is 9.29. The van der Waals surface area contributed by atoms with Gasteiger partial charge in [-0.2, -0.15) is 0 Å². The second-order valence-electron chi connectivity index (χ2n) is 20.0. The Labute approximate surface area is 437 Å². The molecule has 3 heteroatoms. The van der Waals surface area contributed by atoms with E-state index in [-0.39, 0.29) is 35.1 Å². The zero-order valence-electron chi connectivity index (χ0n) is 45.2. The van der Waals surface area contributed by atoms with Gasteiger partial charge in [-0.05, 0) is 145 Å². The molecule has 1 heterocycles. The Bertz CT molecular complexity index is 4480. The van der Waals surface area contributed by atoms with E-state index in [4.69, 9.17) is 4.11 Å². The topological polar surface area (TPSA) is 6.48 Å². The molecule has 1 spiro atoms. The van der Waals surface area contributed by atoms with Crippen molar-refractivity contribution in [3.63, 3.8) is 0 Å². The van der Waals surface area contributed by atoms with Crippen LogP contribution in [0.1, 0.15) is 54.1 Å². The quantitative estimate of drug-likeness (QED) is 0.157. The monoisotopic (exact) mass is 953 g/mol. The van der Waals surface area contributed by atoms with E-state index in [1.807, 2.05) is 35.6 Å². The van der Waals surface area contributed by atoms with E-state index in [9.17, 15) is 2.74 Å². The summed E-state index contributed by atoms with van der Waals surface area (Å²) in [5.74, 6) is 0. The summed E-state index contributed by atoms with van der Waals surface area (Å²) < 4.78 is 47.2. The molecule has 0 saturated heterocycles. The van der Waals surface area contributed by atoms with E-state index in [0.717, 1.165) is 39.6 Å². The molecule has 0 saturated carbocycles. The van der Waals surface area contributed by atoms with Crippen molar-refractivity contribution in [2.75, 3.05) is 9.80 Å². The highest BCUT2D eigenvalue weighted by Crippen LogP contribution is 2.64. The van der Waals surface area contributed by atoms with E-state index in [1.54, 1.807) is 0 Å². The zero-order chi connectivity index (χ0) is 52.8. The number of thiophene rings is 1. The minimum atomic E-state index is -0.749. The van der Waals surface area contributed by atoms with Gasteiger partial charge in [0.2, 0.25) is 0 Å². The Kier molecular flexibility index (Phi) is 8.06. The number of rotatable bonds is 7. The van der Waals surface area contributed by atoms with Crippen LogP contribution in [0, 0.1) is 0 Å². The minimum Gasteiger partial charge on any atom is -0.310 e. The van der Waals surface area contributed by atoms with Crippen molar-refractivity contribution >= 4 is 65.6 Å². The average Bonchev–Trinajstić information content (AvgIpc) is 2.41. The number of hydrogen-bond donors (Lipinski definition) is 0. The smallest absolute Gasteiger partial charge is 0.0727 e. The van der Waals surface area contributed by atoms with E-state index >= 15 is 0 Å². The molecule has 3 aliphatic carbocycles. The second-order valence-corrected chi connectivity index (χ2v) is 21.1. The molecule has 12 aromatic rings. The van der Waals surface area contributed by atoms with Crippen molar-refractivity contribution in [3.05, 3.63) is 288 Å². The Morgan fingerprint density at radius 1 is 0.342 bits per heavy atom. The van der Waals surface area contributed by atoms with Crippen LogP contribution in [0.25, 0.3) is 64.7 Å². The van der Waals surface area contributed by atoms with Gasteiger partial charge in [0.05, 0.1) is 18.0 Å². The molecule has 1 aromatic heterocycles. The number of fused-ring (bicyclic) bond motifs is 16. The summed E-state index contributed by atoms with van der Waals surface area (Å²) in [5, 5.41) is 2.52. The molecule has 15 rings (SSSR count). The normalized spacial score (nSPS) is 16.1. The average molecular weight is 954 g/mol. The maximum atomic E-state index is 9.29. The Balaban J connectivity index is 0.984. The summed E-state index contributed by atoms with van der Waals surface area (Å²) in [6.07, 6.45) is 0. The van der Waals surface area contributed by atoms with Crippen LogP contribution < -0.4 is 9.80 Å². The highest BCUT2D eigenvalue weighted by atomic mass is 32.1. The largest absolute Gasteiger partial charge is 0.310 e. The first-order valence-electron chi connectivity index (χ1n) is 27.5. The van der Waals surface area contributed by atoms with E-state index in [1.165, 1.54) is 75.8 Å². The summed E-state index contributed by atoms with van der Waals surface area (Å²) in [5.41, 5.74) is 19.6. The van der Waals surface area contributed by atoms with Gasteiger partial charge in [-0.3, -0.25) is 0 Å². The minimum absolute atomic E-state index is 0.154. The van der Waals surface area contributed by atoms with E-state index < -0.39 is 11.5 Å². The molecule has 344 valence electrons. The van der Waals surface area contributed by atoms with Crippen LogP contribution in [0.5, 0.6) is 0 Å².